The zero-order valence-electron chi connectivity index (χ0n) is 14.6. The van der Waals surface area contributed by atoms with E-state index in [4.69, 9.17) is 4.42 Å². The number of hydrogen-bond donors (Lipinski definition) is 1. The third-order valence-corrected chi connectivity index (χ3v) is 5.02. The van der Waals surface area contributed by atoms with Gasteiger partial charge in [-0.1, -0.05) is 36.8 Å². The van der Waals surface area contributed by atoms with E-state index in [2.05, 4.69) is 27.4 Å². The van der Waals surface area contributed by atoms with Crippen molar-refractivity contribution in [3.63, 3.8) is 0 Å². The predicted molar refractivity (Wildman–Crippen MR) is 103 cm³/mol. The van der Waals surface area contributed by atoms with Gasteiger partial charge in [-0.15, -0.1) is 10.2 Å². The first kappa shape index (κ1) is 17.3. The van der Waals surface area contributed by atoms with Crippen molar-refractivity contribution in [2.45, 2.75) is 32.7 Å². The molecule has 1 aromatic carbocycles. The lowest BCUT2D eigenvalue weighted by Crippen LogP contribution is -2.27. The molecule has 0 saturated heterocycles. The topological polar surface area (TPSA) is 103 Å². The van der Waals surface area contributed by atoms with Gasteiger partial charge in [0, 0.05) is 11.8 Å². The monoisotopic (exact) mass is 383 g/mol. The molecule has 0 spiro atoms. The van der Waals surface area contributed by atoms with Gasteiger partial charge >= 0.3 is 0 Å². The fourth-order valence-electron chi connectivity index (χ4n) is 2.77. The van der Waals surface area contributed by atoms with E-state index >= 15 is 0 Å². The molecule has 0 unspecified atom stereocenters. The van der Waals surface area contributed by atoms with Crippen molar-refractivity contribution < 1.29 is 9.21 Å². The number of carbonyl (C=O) groups excluding carboxylic acids is 1. The highest BCUT2D eigenvalue weighted by molar-refractivity contribution is 7.15. The zero-order valence-corrected chi connectivity index (χ0v) is 15.5. The molecule has 0 aliphatic carbocycles. The van der Waals surface area contributed by atoms with Crippen LogP contribution in [0.5, 0.6) is 0 Å². The van der Waals surface area contributed by atoms with Crippen LogP contribution in [0.2, 0.25) is 0 Å². The van der Waals surface area contributed by atoms with Crippen LogP contribution in [0, 0.1) is 0 Å². The molecule has 138 valence electrons. The molecule has 0 radical (unpaired) electrons. The Morgan fingerprint density at radius 2 is 2.15 bits per heavy atom. The number of nitrogens with zero attached hydrogens (tertiary/aromatic N) is 4. The predicted octanol–water partition coefficient (Wildman–Crippen LogP) is 2.98. The highest BCUT2D eigenvalue weighted by Gasteiger charge is 2.15. The number of furan rings is 1. The number of aromatic nitrogens is 4. The molecule has 8 nitrogen and oxygen atoms in total. The van der Waals surface area contributed by atoms with Crippen molar-refractivity contribution in [2.24, 2.45) is 0 Å². The van der Waals surface area contributed by atoms with Crippen LogP contribution < -0.4 is 10.9 Å². The minimum Gasteiger partial charge on any atom is -0.448 e. The Morgan fingerprint density at radius 3 is 3.00 bits per heavy atom. The second-order valence-electron chi connectivity index (χ2n) is 6.11. The molecular weight excluding hydrogens is 366 g/mol. The third-order valence-electron chi connectivity index (χ3n) is 4.12. The van der Waals surface area contributed by atoms with Crippen LogP contribution in [0.15, 0.2) is 39.8 Å². The van der Waals surface area contributed by atoms with Gasteiger partial charge in [0.15, 0.2) is 0 Å². The van der Waals surface area contributed by atoms with Crippen molar-refractivity contribution in [3.8, 4) is 0 Å². The fourth-order valence-corrected chi connectivity index (χ4v) is 3.57. The molecule has 0 aliphatic rings. The van der Waals surface area contributed by atoms with Gasteiger partial charge in [-0.2, -0.15) is 0 Å². The first-order valence-corrected chi connectivity index (χ1v) is 9.46. The van der Waals surface area contributed by atoms with Gasteiger partial charge in [-0.3, -0.25) is 19.5 Å². The first-order chi connectivity index (χ1) is 13.2. The minimum atomic E-state index is -0.396. The SMILES string of the molecule is CCCCc1nnc(NC(=O)Cn2cnc3c(oc4ccccc43)c2=O)s1. The average Bonchev–Trinajstić information content (AvgIpc) is 3.27. The summed E-state index contributed by atoms with van der Waals surface area (Å²) in [6.45, 7) is 1.93. The van der Waals surface area contributed by atoms with Gasteiger partial charge < -0.3 is 4.42 Å². The smallest absolute Gasteiger partial charge is 0.297 e. The van der Waals surface area contributed by atoms with E-state index in [0.717, 1.165) is 29.7 Å². The number of benzene rings is 1. The summed E-state index contributed by atoms with van der Waals surface area (Å²) in [4.78, 5) is 29.2. The first-order valence-electron chi connectivity index (χ1n) is 8.64. The Bertz CT molecular complexity index is 1180. The highest BCUT2D eigenvalue weighted by atomic mass is 32.1. The standard InChI is InChI=1S/C18H17N5O3S/c1-2-3-8-14-21-22-18(27-14)20-13(24)9-23-10-19-15-11-6-4-5-7-12(11)26-16(15)17(23)25/h4-7,10H,2-3,8-9H2,1H3,(H,20,22,24). The lowest BCUT2D eigenvalue weighted by Gasteiger charge is -2.04. The summed E-state index contributed by atoms with van der Waals surface area (Å²) in [5, 5.41) is 12.8. The Hall–Kier alpha value is -3.07. The number of unbranched alkanes of at least 4 members (excludes halogenated alkanes) is 1. The summed E-state index contributed by atoms with van der Waals surface area (Å²) in [7, 11) is 0. The fraction of sp³-hybridized carbons (Fsp3) is 0.278. The van der Waals surface area contributed by atoms with Gasteiger partial charge in [-0.05, 0) is 18.6 Å². The van der Waals surface area contributed by atoms with Crippen molar-refractivity contribution in [1.82, 2.24) is 19.7 Å². The summed E-state index contributed by atoms with van der Waals surface area (Å²) >= 11 is 1.35. The number of anilines is 1. The minimum absolute atomic E-state index is 0.143. The van der Waals surface area contributed by atoms with Crippen LogP contribution in [-0.4, -0.2) is 25.7 Å². The van der Waals surface area contributed by atoms with Crippen LogP contribution in [0.25, 0.3) is 22.1 Å². The molecule has 4 aromatic rings. The van der Waals surface area contributed by atoms with Gasteiger partial charge in [0.05, 0.1) is 6.33 Å². The van der Waals surface area contributed by atoms with E-state index in [1.54, 1.807) is 6.07 Å². The molecule has 1 N–H and O–H groups in total. The van der Waals surface area contributed by atoms with Gasteiger partial charge in [0.2, 0.25) is 16.6 Å². The van der Waals surface area contributed by atoms with E-state index in [-0.39, 0.29) is 18.0 Å². The summed E-state index contributed by atoms with van der Waals surface area (Å²) in [5.41, 5.74) is 0.834. The maximum Gasteiger partial charge on any atom is 0.297 e. The molecule has 0 atom stereocenters. The highest BCUT2D eigenvalue weighted by Crippen LogP contribution is 2.24. The number of para-hydroxylation sites is 1. The number of fused-ring (bicyclic) bond motifs is 3. The average molecular weight is 383 g/mol. The van der Waals surface area contributed by atoms with E-state index in [9.17, 15) is 9.59 Å². The Balaban J connectivity index is 1.53. The summed E-state index contributed by atoms with van der Waals surface area (Å²) < 4.78 is 6.84. The van der Waals surface area contributed by atoms with Crippen molar-refractivity contribution in [3.05, 3.63) is 46.0 Å². The molecule has 0 saturated carbocycles. The number of hydrogen-bond acceptors (Lipinski definition) is 7. The molecule has 0 aliphatic heterocycles. The molecule has 3 aromatic heterocycles. The van der Waals surface area contributed by atoms with Crippen LogP contribution in [0.3, 0.4) is 0 Å². The number of rotatable bonds is 6. The van der Waals surface area contributed by atoms with Crippen LogP contribution in [-0.2, 0) is 17.8 Å². The molecule has 1 amide bonds. The molecule has 0 fully saturated rings. The van der Waals surface area contributed by atoms with Crippen molar-refractivity contribution >= 4 is 44.4 Å². The maximum absolute atomic E-state index is 12.6. The van der Waals surface area contributed by atoms with Gasteiger partial charge in [-0.25, -0.2) is 4.98 Å². The molecule has 4 rings (SSSR count). The van der Waals surface area contributed by atoms with Gasteiger partial charge in [0.25, 0.3) is 5.56 Å². The van der Waals surface area contributed by atoms with Crippen LogP contribution >= 0.6 is 11.3 Å². The van der Waals surface area contributed by atoms with Crippen molar-refractivity contribution in [1.29, 1.82) is 0 Å². The number of nitrogens with one attached hydrogen (secondary N) is 1. The lowest BCUT2D eigenvalue weighted by atomic mass is 10.2. The quantitative estimate of drug-likeness (QED) is 0.549. The molecule has 27 heavy (non-hydrogen) atoms. The van der Waals surface area contributed by atoms with E-state index < -0.39 is 5.56 Å². The Morgan fingerprint density at radius 1 is 1.30 bits per heavy atom. The Kier molecular flexibility index (Phi) is 4.68. The largest absolute Gasteiger partial charge is 0.448 e. The molecular formula is C18H17N5O3S. The zero-order chi connectivity index (χ0) is 18.8. The van der Waals surface area contributed by atoms with Crippen molar-refractivity contribution in [2.75, 3.05) is 5.32 Å². The second-order valence-corrected chi connectivity index (χ2v) is 7.17. The van der Waals surface area contributed by atoms with E-state index in [0.29, 0.717) is 16.2 Å². The van der Waals surface area contributed by atoms with E-state index in [1.165, 1.54) is 22.2 Å². The van der Waals surface area contributed by atoms with Crippen LogP contribution in [0.4, 0.5) is 5.13 Å². The van der Waals surface area contributed by atoms with Gasteiger partial charge in [0.1, 0.15) is 22.7 Å². The summed E-state index contributed by atoms with van der Waals surface area (Å²) in [6.07, 6.45) is 4.30. The molecule has 3 heterocycles. The second kappa shape index (κ2) is 7.28. The van der Waals surface area contributed by atoms with E-state index in [1.807, 2.05) is 18.2 Å². The number of amides is 1. The number of carbonyl (C=O) groups is 1. The number of aryl methyl sites for hydroxylation is 1. The lowest BCUT2D eigenvalue weighted by molar-refractivity contribution is -0.116. The summed E-state index contributed by atoms with van der Waals surface area (Å²) in [6, 6.07) is 7.30. The Labute approximate surface area is 157 Å². The normalized spacial score (nSPS) is 11.3. The third kappa shape index (κ3) is 3.45. The molecule has 0 bridgehead atoms. The maximum atomic E-state index is 12.6. The summed E-state index contributed by atoms with van der Waals surface area (Å²) in [5.74, 6) is -0.368. The van der Waals surface area contributed by atoms with Crippen LogP contribution in [0.1, 0.15) is 24.8 Å². The molecule has 9 heteroatoms.